The quantitative estimate of drug-likeness (QED) is 0.783. The first kappa shape index (κ1) is 12.9. The number of rotatable bonds is 2. The van der Waals surface area contributed by atoms with Crippen LogP contribution in [0, 0.1) is 11.3 Å². The van der Waals surface area contributed by atoms with Crippen molar-refractivity contribution in [3.63, 3.8) is 0 Å². The summed E-state index contributed by atoms with van der Waals surface area (Å²) in [7, 11) is -4.01. The fourth-order valence-corrected chi connectivity index (χ4v) is 1.54. The van der Waals surface area contributed by atoms with Gasteiger partial charge in [-0.05, 0) is 17.7 Å². The first-order chi connectivity index (χ1) is 6.01. The van der Waals surface area contributed by atoms with E-state index in [1.807, 2.05) is 6.07 Å². The molecule has 0 atom stereocenters. The van der Waals surface area contributed by atoms with Gasteiger partial charge in [-0.25, -0.2) is 0 Å². The first-order valence-corrected chi connectivity index (χ1v) is 5.06. The van der Waals surface area contributed by atoms with Crippen molar-refractivity contribution in [1.82, 2.24) is 0 Å². The van der Waals surface area contributed by atoms with Gasteiger partial charge in [0.15, 0.2) is 0 Å². The Morgan fingerprint density at radius 3 is 2.57 bits per heavy atom. The van der Waals surface area contributed by atoms with Crippen molar-refractivity contribution < 1.29 is 13.0 Å². The van der Waals surface area contributed by atoms with Gasteiger partial charge >= 0.3 is 0 Å². The minimum absolute atomic E-state index is 0. The molecule has 76 valence electrons. The average molecular weight is 234 g/mol. The van der Waals surface area contributed by atoms with E-state index in [1.54, 1.807) is 12.1 Å². The third-order valence-corrected chi connectivity index (χ3v) is 2.10. The molecule has 0 spiro atoms. The SMILES string of the molecule is Cl.N#Cc1cccc(CS(=O)(=O)O)c1. The lowest BCUT2D eigenvalue weighted by atomic mass is 10.2. The van der Waals surface area contributed by atoms with Crippen LogP contribution >= 0.6 is 12.4 Å². The Bertz CT molecular complexity index is 450. The zero-order valence-electron chi connectivity index (χ0n) is 7.04. The third-order valence-electron chi connectivity index (χ3n) is 1.41. The molecule has 0 aliphatic heterocycles. The summed E-state index contributed by atoms with van der Waals surface area (Å²) < 4.78 is 29.5. The Hall–Kier alpha value is -1.09. The lowest BCUT2D eigenvalue weighted by Gasteiger charge is -1.97. The summed E-state index contributed by atoms with van der Waals surface area (Å²) in [4.78, 5) is 0. The molecule has 1 N–H and O–H groups in total. The highest BCUT2D eigenvalue weighted by atomic mass is 35.5. The fourth-order valence-electron chi connectivity index (χ4n) is 0.941. The van der Waals surface area contributed by atoms with Gasteiger partial charge in [-0.15, -0.1) is 12.4 Å². The summed E-state index contributed by atoms with van der Waals surface area (Å²) in [6, 6.07) is 7.97. The van der Waals surface area contributed by atoms with Crippen molar-refractivity contribution in [2.45, 2.75) is 5.75 Å². The predicted octanol–water partition coefficient (Wildman–Crippen LogP) is 1.37. The van der Waals surface area contributed by atoms with Gasteiger partial charge in [0, 0.05) is 0 Å². The molecule has 4 nitrogen and oxygen atoms in total. The summed E-state index contributed by atoms with van der Waals surface area (Å²) in [6.45, 7) is 0. The van der Waals surface area contributed by atoms with Crippen molar-refractivity contribution in [2.24, 2.45) is 0 Å². The standard InChI is InChI=1S/C8H7NO3S.ClH/c9-5-7-2-1-3-8(4-7)6-13(10,11)12;/h1-4H,6H2,(H,10,11,12);1H. The van der Waals surface area contributed by atoms with E-state index in [9.17, 15) is 8.42 Å². The molecule has 0 unspecified atom stereocenters. The topological polar surface area (TPSA) is 78.2 Å². The summed E-state index contributed by atoms with van der Waals surface area (Å²) in [5.74, 6) is -0.456. The molecular weight excluding hydrogens is 226 g/mol. The minimum atomic E-state index is -4.01. The molecule has 0 aliphatic carbocycles. The van der Waals surface area contributed by atoms with E-state index >= 15 is 0 Å². The second-order valence-electron chi connectivity index (χ2n) is 2.54. The monoisotopic (exact) mass is 233 g/mol. The molecule has 1 aromatic rings. The van der Waals surface area contributed by atoms with Gasteiger partial charge in [-0.1, -0.05) is 12.1 Å². The average Bonchev–Trinajstić information content (AvgIpc) is 2.01. The van der Waals surface area contributed by atoms with Crippen LogP contribution in [-0.2, 0) is 15.9 Å². The molecule has 0 saturated carbocycles. The van der Waals surface area contributed by atoms with Gasteiger partial charge in [0.1, 0.15) is 5.75 Å². The summed E-state index contributed by atoms with van der Waals surface area (Å²) >= 11 is 0. The van der Waals surface area contributed by atoms with Crippen molar-refractivity contribution in [2.75, 3.05) is 0 Å². The van der Waals surface area contributed by atoms with Crippen molar-refractivity contribution in [3.8, 4) is 6.07 Å². The fraction of sp³-hybridized carbons (Fsp3) is 0.125. The lowest BCUT2D eigenvalue weighted by molar-refractivity contribution is 0.482. The number of nitrogens with zero attached hydrogens (tertiary/aromatic N) is 1. The summed E-state index contributed by atoms with van der Waals surface area (Å²) in [5.41, 5.74) is 0.780. The molecule has 0 bridgehead atoms. The van der Waals surface area contributed by atoms with E-state index < -0.39 is 15.9 Å². The van der Waals surface area contributed by atoms with Gasteiger partial charge < -0.3 is 0 Å². The van der Waals surface area contributed by atoms with Crippen LogP contribution in [0.1, 0.15) is 11.1 Å². The zero-order valence-corrected chi connectivity index (χ0v) is 8.68. The maximum absolute atomic E-state index is 10.5. The molecule has 0 heterocycles. The molecule has 0 amide bonds. The molecule has 14 heavy (non-hydrogen) atoms. The number of hydrogen-bond donors (Lipinski definition) is 1. The number of nitriles is 1. The molecule has 0 fully saturated rings. The second kappa shape index (κ2) is 4.96. The zero-order chi connectivity index (χ0) is 9.90. The van der Waals surface area contributed by atoms with Crippen molar-refractivity contribution in [3.05, 3.63) is 35.4 Å². The van der Waals surface area contributed by atoms with Crippen LogP contribution in [0.3, 0.4) is 0 Å². The van der Waals surface area contributed by atoms with E-state index in [2.05, 4.69) is 0 Å². The number of benzene rings is 1. The van der Waals surface area contributed by atoms with Crippen LogP contribution in [-0.4, -0.2) is 13.0 Å². The van der Waals surface area contributed by atoms with Gasteiger partial charge in [0.05, 0.1) is 11.6 Å². The van der Waals surface area contributed by atoms with Crippen LogP contribution in [0.2, 0.25) is 0 Å². The van der Waals surface area contributed by atoms with E-state index in [4.69, 9.17) is 9.81 Å². The van der Waals surface area contributed by atoms with E-state index in [1.165, 1.54) is 12.1 Å². The van der Waals surface area contributed by atoms with Crippen molar-refractivity contribution in [1.29, 1.82) is 5.26 Å². The number of halogens is 1. The highest BCUT2D eigenvalue weighted by Gasteiger charge is 2.06. The normalized spacial score (nSPS) is 10.0. The lowest BCUT2D eigenvalue weighted by Crippen LogP contribution is -2.01. The number of hydrogen-bond acceptors (Lipinski definition) is 3. The first-order valence-electron chi connectivity index (χ1n) is 3.45. The van der Waals surface area contributed by atoms with Gasteiger partial charge in [-0.3, -0.25) is 4.55 Å². The van der Waals surface area contributed by atoms with E-state index in [0.29, 0.717) is 11.1 Å². The van der Waals surface area contributed by atoms with E-state index in [-0.39, 0.29) is 12.4 Å². The second-order valence-corrected chi connectivity index (χ2v) is 3.99. The van der Waals surface area contributed by atoms with Crippen LogP contribution in [0.5, 0.6) is 0 Å². The molecule has 0 saturated heterocycles. The van der Waals surface area contributed by atoms with Crippen LogP contribution in [0.25, 0.3) is 0 Å². The van der Waals surface area contributed by atoms with Gasteiger partial charge in [0.2, 0.25) is 0 Å². The Morgan fingerprint density at radius 2 is 2.07 bits per heavy atom. The largest absolute Gasteiger partial charge is 0.285 e. The van der Waals surface area contributed by atoms with Crippen LogP contribution < -0.4 is 0 Å². The van der Waals surface area contributed by atoms with E-state index in [0.717, 1.165) is 0 Å². The maximum atomic E-state index is 10.5. The maximum Gasteiger partial charge on any atom is 0.269 e. The Balaban J connectivity index is 0.00000169. The molecule has 6 heteroatoms. The van der Waals surface area contributed by atoms with Gasteiger partial charge in [0.25, 0.3) is 10.1 Å². The van der Waals surface area contributed by atoms with Crippen LogP contribution in [0.4, 0.5) is 0 Å². The molecule has 1 aromatic carbocycles. The molecule has 0 radical (unpaired) electrons. The smallest absolute Gasteiger partial charge is 0.269 e. The highest BCUT2D eigenvalue weighted by molar-refractivity contribution is 7.85. The Kier molecular flexibility index (Phi) is 4.57. The predicted molar refractivity (Wildman–Crippen MR) is 53.7 cm³/mol. The summed E-state index contributed by atoms with van der Waals surface area (Å²) in [5, 5.41) is 8.50. The highest BCUT2D eigenvalue weighted by Crippen LogP contribution is 2.07. The Morgan fingerprint density at radius 1 is 1.43 bits per heavy atom. The molecule has 1 rings (SSSR count). The summed E-state index contributed by atoms with van der Waals surface area (Å²) in [6.07, 6.45) is 0. The molecule has 0 aromatic heterocycles. The molecular formula is C8H8ClNO3S. The third kappa shape index (κ3) is 4.23. The van der Waals surface area contributed by atoms with Gasteiger partial charge in [-0.2, -0.15) is 13.7 Å². The van der Waals surface area contributed by atoms with Crippen LogP contribution in [0.15, 0.2) is 24.3 Å². The molecule has 0 aliphatic rings. The Labute approximate surface area is 88.3 Å². The minimum Gasteiger partial charge on any atom is -0.285 e. The van der Waals surface area contributed by atoms with Crippen molar-refractivity contribution >= 4 is 22.5 Å².